The Balaban J connectivity index is 2.02. The molecule has 100 valence electrons. The Hall–Kier alpha value is -2.48. The smallest absolute Gasteiger partial charge is 0.227 e. The van der Waals surface area contributed by atoms with Gasteiger partial charge in [0.15, 0.2) is 11.5 Å². The van der Waals surface area contributed by atoms with Crippen LogP contribution in [0.25, 0.3) is 17.0 Å². The number of primary amides is 1. The second kappa shape index (κ2) is 5.25. The Morgan fingerprint density at radius 3 is 2.75 bits per heavy atom. The van der Waals surface area contributed by atoms with Crippen molar-refractivity contribution in [2.75, 3.05) is 5.75 Å². The molecular weight excluding hydrogens is 276 g/mol. The van der Waals surface area contributed by atoms with E-state index in [0.29, 0.717) is 16.5 Å². The van der Waals surface area contributed by atoms with E-state index in [1.54, 1.807) is 29.0 Å². The number of hydrogen-bond acceptors (Lipinski definition) is 6. The summed E-state index contributed by atoms with van der Waals surface area (Å²) in [6.07, 6.45) is 3.37. The van der Waals surface area contributed by atoms with Crippen LogP contribution in [-0.2, 0) is 4.79 Å². The fraction of sp³-hybridized carbons (Fsp3) is 0.0833. The highest BCUT2D eigenvalue weighted by Gasteiger charge is 2.10. The van der Waals surface area contributed by atoms with Crippen molar-refractivity contribution in [2.45, 2.75) is 5.03 Å². The maximum absolute atomic E-state index is 10.8. The fourth-order valence-corrected chi connectivity index (χ4v) is 2.27. The molecule has 2 N–H and O–H groups in total. The lowest BCUT2D eigenvalue weighted by Gasteiger charge is -2.01. The van der Waals surface area contributed by atoms with Gasteiger partial charge < -0.3 is 5.73 Å². The van der Waals surface area contributed by atoms with Gasteiger partial charge in [0.25, 0.3) is 0 Å². The van der Waals surface area contributed by atoms with Crippen molar-refractivity contribution in [3.63, 3.8) is 0 Å². The van der Waals surface area contributed by atoms with Crippen molar-refractivity contribution in [1.29, 1.82) is 0 Å². The number of nitrogens with zero attached hydrogens (tertiary/aromatic N) is 5. The van der Waals surface area contributed by atoms with Crippen LogP contribution in [0.1, 0.15) is 0 Å². The molecule has 3 rings (SSSR count). The number of amides is 1. The Morgan fingerprint density at radius 1 is 1.20 bits per heavy atom. The number of nitrogens with two attached hydrogens (primary N) is 1. The SMILES string of the molecule is NC(=O)CSc1ccc2nnc(-c3ccncc3)n2n1. The maximum atomic E-state index is 10.8. The molecule has 0 aromatic carbocycles. The normalized spacial score (nSPS) is 10.8. The van der Waals surface area contributed by atoms with E-state index in [1.807, 2.05) is 12.1 Å². The summed E-state index contributed by atoms with van der Waals surface area (Å²) >= 11 is 1.28. The van der Waals surface area contributed by atoms with Crippen LogP contribution in [0.2, 0.25) is 0 Å². The highest BCUT2D eigenvalue weighted by atomic mass is 32.2. The molecule has 0 fully saturated rings. The van der Waals surface area contributed by atoms with Crippen LogP contribution in [0.3, 0.4) is 0 Å². The van der Waals surface area contributed by atoms with Crippen LogP contribution in [0, 0.1) is 0 Å². The maximum Gasteiger partial charge on any atom is 0.227 e. The standard InChI is InChI=1S/C12H10N6OS/c13-9(19)7-20-11-2-1-10-15-16-12(18(10)17-11)8-3-5-14-6-4-8/h1-6H,7H2,(H2,13,19). The van der Waals surface area contributed by atoms with Crippen molar-refractivity contribution in [2.24, 2.45) is 5.73 Å². The number of aromatic nitrogens is 5. The van der Waals surface area contributed by atoms with E-state index in [-0.39, 0.29) is 11.7 Å². The summed E-state index contributed by atoms with van der Waals surface area (Å²) in [5, 5.41) is 13.3. The molecule has 0 spiro atoms. The minimum Gasteiger partial charge on any atom is -0.369 e. The van der Waals surface area contributed by atoms with Crippen LogP contribution in [0.4, 0.5) is 0 Å². The molecule has 20 heavy (non-hydrogen) atoms. The molecule has 0 saturated carbocycles. The molecule has 0 aliphatic carbocycles. The van der Waals surface area contributed by atoms with E-state index in [1.165, 1.54) is 11.8 Å². The Bertz CT molecular complexity index is 757. The van der Waals surface area contributed by atoms with Crippen LogP contribution >= 0.6 is 11.8 Å². The Kier molecular flexibility index (Phi) is 3.30. The number of pyridine rings is 1. The number of hydrogen-bond donors (Lipinski definition) is 1. The predicted octanol–water partition coefficient (Wildman–Crippen LogP) is 0.764. The molecule has 3 aromatic heterocycles. The number of carbonyl (C=O) groups excluding carboxylic acids is 1. The zero-order valence-electron chi connectivity index (χ0n) is 10.3. The van der Waals surface area contributed by atoms with E-state index >= 15 is 0 Å². The van der Waals surface area contributed by atoms with Gasteiger partial charge in [-0.1, -0.05) is 11.8 Å². The van der Waals surface area contributed by atoms with Gasteiger partial charge in [-0.3, -0.25) is 9.78 Å². The van der Waals surface area contributed by atoms with Gasteiger partial charge in [-0.2, -0.15) is 9.61 Å². The summed E-state index contributed by atoms with van der Waals surface area (Å²) in [7, 11) is 0. The number of carbonyl (C=O) groups is 1. The zero-order chi connectivity index (χ0) is 13.9. The van der Waals surface area contributed by atoms with Crippen molar-refractivity contribution >= 4 is 23.3 Å². The van der Waals surface area contributed by atoms with E-state index in [2.05, 4.69) is 20.3 Å². The van der Waals surface area contributed by atoms with Gasteiger partial charge in [0.2, 0.25) is 5.91 Å². The van der Waals surface area contributed by atoms with Crippen molar-refractivity contribution < 1.29 is 4.79 Å². The fourth-order valence-electron chi connectivity index (χ4n) is 1.68. The van der Waals surface area contributed by atoms with E-state index in [4.69, 9.17) is 5.73 Å². The largest absolute Gasteiger partial charge is 0.369 e. The van der Waals surface area contributed by atoms with E-state index < -0.39 is 0 Å². The zero-order valence-corrected chi connectivity index (χ0v) is 11.1. The molecule has 8 heteroatoms. The average molecular weight is 286 g/mol. The third kappa shape index (κ3) is 2.45. The van der Waals surface area contributed by atoms with Crippen molar-refractivity contribution in [1.82, 2.24) is 24.8 Å². The van der Waals surface area contributed by atoms with E-state index in [0.717, 1.165) is 5.56 Å². The van der Waals surface area contributed by atoms with Crippen LogP contribution in [0.15, 0.2) is 41.7 Å². The van der Waals surface area contributed by atoms with Gasteiger partial charge in [-0.05, 0) is 24.3 Å². The molecule has 0 atom stereocenters. The third-order valence-electron chi connectivity index (χ3n) is 2.54. The van der Waals surface area contributed by atoms with Crippen molar-refractivity contribution in [3.8, 4) is 11.4 Å². The molecule has 3 aromatic rings. The summed E-state index contributed by atoms with van der Waals surface area (Å²) in [6, 6.07) is 7.25. The molecule has 0 aliphatic rings. The molecule has 7 nitrogen and oxygen atoms in total. The van der Waals surface area contributed by atoms with Crippen molar-refractivity contribution in [3.05, 3.63) is 36.7 Å². The van der Waals surface area contributed by atoms with Crippen LogP contribution in [0.5, 0.6) is 0 Å². The summed E-state index contributed by atoms with van der Waals surface area (Å²) in [6.45, 7) is 0. The average Bonchev–Trinajstić information content (AvgIpc) is 2.89. The lowest BCUT2D eigenvalue weighted by molar-refractivity contribution is -0.115. The third-order valence-corrected chi connectivity index (χ3v) is 3.48. The lowest BCUT2D eigenvalue weighted by Crippen LogP contribution is -2.13. The highest BCUT2D eigenvalue weighted by molar-refractivity contribution is 7.99. The summed E-state index contributed by atoms with van der Waals surface area (Å²) < 4.78 is 1.64. The molecule has 0 radical (unpaired) electrons. The quantitative estimate of drug-likeness (QED) is 0.711. The molecule has 0 aliphatic heterocycles. The highest BCUT2D eigenvalue weighted by Crippen LogP contribution is 2.19. The first-order valence-electron chi connectivity index (χ1n) is 5.78. The van der Waals surface area contributed by atoms with Gasteiger partial charge in [0, 0.05) is 18.0 Å². The van der Waals surface area contributed by atoms with Gasteiger partial charge >= 0.3 is 0 Å². The predicted molar refractivity (Wildman–Crippen MR) is 73.9 cm³/mol. The first-order chi connectivity index (χ1) is 9.74. The van der Waals surface area contributed by atoms with Crippen LogP contribution < -0.4 is 5.73 Å². The Morgan fingerprint density at radius 2 is 2.00 bits per heavy atom. The topological polar surface area (TPSA) is 99.1 Å². The molecular formula is C12H10N6OS. The second-order valence-corrected chi connectivity index (χ2v) is 4.95. The minimum atomic E-state index is -0.380. The summed E-state index contributed by atoms with van der Waals surface area (Å²) in [5.41, 5.74) is 6.64. The van der Waals surface area contributed by atoms with Gasteiger partial charge in [-0.25, -0.2) is 0 Å². The molecule has 1 amide bonds. The first-order valence-corrected chi connectivity index (χ1v) is 6.76. The summed E-state index contributed by atoms with van der Waals surface area (Å²) in [4.78, 5) is 14.8. The number of thioether (sulfide) groups is 1. The molecule has 0 unspecified atom stereocenters. The molecule has 3 heterocycles. The second-order valence-electron chi connectivity index (χ2n) is 3.96. The lowest BCUT2D eigenvalue weighted by atomic mass is 10.2. The minimum absolute atomic E-state index is 0.186. The number of rotatable bonds is 4. The van der Waals surface area contributed by atoms with Gasteiger partial charge in [-0.15, -0.1) is 10.2 Å². The first kappa shape index (κ1) is 12.5. The summed E-state index contributed by atoms with van der Waals surface area (Å²) in [5.74, 6) is 0.435. The van der Waals surface area contributed by atoms with E-state index in [9.17, 15) is 4.79 Å². The molecule has 0 saturated heterocycles. The van der Waals surface area contributed by atoms with Crippen LogP contribution in [-0.4, -0.2) is 36.5 Å². The monoisotopic (exact) mass is 286 g/mol. The van der Waals surface area contributed by atoms with Gasteiger partial charge in [0.1, 0.15) is 5.03 Å². The molecule has 0 bridgehead atoms. The Labute approximate surface area is 118 Å². The number of fused-ring (bicyclic) bond motifs is 1. The van der Waals surface area contributed by atoms with Gasteiger partial charge in [0.05, 0.1) is 5.75 Å².